The highest BCUT2D eigenvalue weighted by molar-refractivity contribution is 5.84. The number of carbonyl (C=O) groups excluding carboxylic acids is 5. The van der Waals surface area contributed by atoms with Crippen LogP contribution in [0.25, 0.3) is 0 Å². The van der Waals surface area contributed by atoms with Crippen LogP contribution in [-0.4, -0.2) is 95.2 Å². The van der Waals surface area contributed by atoms with Gasteiger partial charge in [-0.1, -0.05) is 0 Å². The number of halogens is 2. The molecule has 5 atom stereocenters. The van der Waals surface area contributed by atoms with E-state index in [-0.39, 0.29) is 4.57 Å². The van der Waals surface area contributed by atoms with Crippen molar-refractivity contribution < 1.29 is 51.7 Å². The second-order valence-corrected chi connectivity index (χ2v) is 7.80. The molecule has 1 aliphatic rings. The van der Waals surface area contributed by atoms with Gasteiger partial charge in [-0.05, 0) is 0 Å². The van der Waals surface area contributed by atoms with Gasteiger partial charge in [0.15, 0.2) is 24.6 Å². The summed E-state index contributed by atoms with van der Waals surface area (Å²) in [6.45, 7) is 1.66. The minimum Gasteiger partial charge on any atom is -0.463 e. The molecule has 2 heterocycles. The SMILES string of the molecule is CC(=O)OC[C@H]1O[C@@H](NC(=O)CN(C)C(=O)n2cc(F)c(=O)[nH]c2=O)[C@H](F)[C@@H](OC(C)=O)[C@@H]1OC(C)=O. The van der Waals surface area contributed by atoms with Crippen molar-refractivity contribution in [1.82, 2.24) is 19.8 Å². The average Bonchev–Trinajstić information content (AvgIpc) is 2.78. The zero-order valence-corrected chi connectivity index (χ0v) is 20.0. The number of alkyl halides is 1. The molecule has 0 bridgehead atoms. The molecule has 2 rings (SSSR count). The topological polar surface area (TPSA) is 192 Å². The summed E-state index contributed by atoms with van der Waals surface area (Å²) < 4.78 is 49.2. The maximum Gasteiger partial charge on any atom is 0.336 e. The summed E-state index contributed by atoms with van der Waals surface area (Å²) in [5.74, 6) is -5.07. The van der Waals surface area contributed by atoms with Crippen LogP contribution in [-0.2, 0) is 38.1 Å². The van der Waals surface area contributed by atoms with Gasteiger partial charge in [0.1, 0.15) is 19.3 Å². The molecule has 0 aliphatic carbocycles. The van der Waals surface area contributed by atoms with Crippen molar-refractivity contribution in [3.8, 4) is 0 Å². The number of nitrogens with one attached hydrogen (secondary N) is 2. The monoisotopic (exact) mass is 534 g/mol. The first-order valence-corrected chi connectivity index (χ1v) is 10.5. The van der Waals surface area contributed by atoms with Gasteiger partial charge in [0.2, 0.25) is 11.7 Å². The maximum absolute atomic E-state index is 15.3. The second kappa shape index (κ2) is 12.2. The lowest BCUT2D eigenvalue weighted by Gasteiger charge is -2.42. The summed E-state index contributed by atoms with van der Waals surface area (Å²) in [6.07, 6.45) is -8.49. The molecule has 2 amide bonds. The molecule has 1 aromatic heterocycles. The molecule has 15 nitrogen and oxygen atoms in total. The standard InChI is InChI=1S/C20H24F2N4O11/c1-8(27)34-7-12-15(35-9(2)28)16(36-10(3)29)14(22)18(37-12)23-13(30)6-25(4)20(33)26-5-11(21)17(31)24-19(26)32/h5,12,14-16,18H,6-7H2,1-4H3,(H,23,30)(H,24,31,32)/t12-,14-,15-,16-,18-/m1/s1. The first-order chi connectivity index (χ1) is 17.2. The van der Waals surface area contributed by atoms with E-state index < -0.39 is 90.8 Å². The molecular weight excluding hydrogens is 510 g/mol. The number of H-pyrrole nitrogens is 1. The van der Waals surface area contributed by atoms with E-state index in [9.17, 15) is 38.0 Å². The van der Waals surface area contributed by atoms with E-state index in [1.807, 2.05) is 0 Å². The van der Waals surface area contributed by atoms with E-state index in [1.54, 1.807) is 4.98 Å². The molecular formula is C20H24F2N4O11. The summed E-state index contributed by atoms with van der Waals surface area (Å²) in [7, 11) is 1.05. The molecule has 0 spiro atoms. The minimum absolute atomic E-state index is 0.203. The van der Waals surface area contributed by atoms with Crippen molar-refractivity contribution >= 4 is 29.8 Å². The van der Waals surface area contributed by atoms with Crippen LogP contribution in [0.15, 0.2) is 15.8 Å². The molecule has 1 fully saturated rings. The fourth-order valence-electron chi connectivity index (χ4n) is 3.27. The zero-order valence-electron chi connectivity index (χ0n) is 20.0. The van der Waals surface area contributed by atoms with E-state index in [2.05, 4.69) is 5.32 Å². The van der Waals surface area contributed by atoms with Crippen molar-refractivity contribution in [2.24, 2.45) is 0 Å². The largest absolute Gasteiger partial charge is 0.463 e. The molecule has 1 aromatic rings. The van der Waals surface area contributed by atoms with Gasteiger partial charge in [0.05, 0.1) is 6.20 Å². The molecule has 1 aliphatic heterocycles. The molecule has 17 heteroatoms. The van der Waals surface area contributed by atoms with Gasteiger partial charge < -0.3 is 29.2 Å². The van der Waals surface area contributed by atoms with Crippen molar-refractivity contribution in [3.05, 3.63) is 32.9 Å². The lowest BCUT2D eigenvalue weighted by molar-refractivity contribution is -0.239. The second-order valence-electron chi connectivity index (χ2n) is 7.80. The lowest BCUT2D eigenvalue weighted by atomic mass is 9.98. The predicted octanol–water partition coefficient (Wildman–Crippen LogP) is -1.82. The highest BCUT2D eigenvalue weighted by Gasteiger charge is 2.51. The summed E-state index contributed by atoms with van der Waals surface area (Å²) in [5.41, 5.74) is -2.62. The Hall–Kier alpha value is -4.15. The molecule has 0 aromatic carbocycles. The quantitative estimate of drug-likeness (QED) is 0.296. The highest BCUT2D eigenvalue weighted by Crippen LogP contribution is 2.28. The van der Waals surface area contributed by atoms with Gasteiger partial charge in [0, 0.05) is 27.8 Å². The predicted molar refractivity (Wildman–Crippen MR) is 114 cm³/mol. The van der Waals surface area contributed by atoms with Gasteiger partial charge >= 0.3 is 29.6 Å². The Labute approximate surface area is 206 Å². The summed E-state index contributed by atoms with van der Waals surface area (Å²) in [6, 6.07) is -1.21. The number of amides is 2. The smallest absolute Gasteiger partial charge is 0.336 e. The van der Waals surface area contributed by atoms with Crippen molar-refractivity contribution in [2.75, 3.05) is 20.2 Å². The number of aromatic nitrogens is 2. The van der Waals surface area contributed by atoms with E-state index in [0.717, 1.165) is 27.8 Å². The number of aromatic amines is 1. The number of hydrogen-bond acceptors (Lipinski definition) is 11. The average molecular weight is 534 g/mol. The fraction of sp³-hybridized carbons (Fsp3) is 0.550. The van der Waals surface area contributed by atoms with Crippen LogP contribution in [0.3, 0.4) is 0 Å². The third-order valence-corrected chi connectivity index (χ3v) is 4.78. The fourth-order valence-corrected chi connectivity index (χ4v) is 3.27. The molecule has 0 radical (unpaired) electrons. The van der Waals surface area contributed by atoms with Gasteiger partial charge in [-0.2, -0.15) is 4.39 Å². The summed E-state index contributed by atoms with van der Waals surface area (Å²) >= 11 is 0. The van der Waals surface area contributed by atoms with Crippen molar-refractivity contribution in [1.29, 1.82) is 0 Å². The third-order valence-electron chi connectivity index (χ3n) is 4.78. The van der Waals surface area contributed by atoms with Crippen LogP contribution in [0.4, 0.5) is 13.6 Å². The first-order valence-electron chi connectivity index (χ1n) is 10.5. The van der Waals surface area contributed by atoms with E-state index in [0.29, 0.717) is 11.1 Å². The highest BCUT2D eigenvalue weighted by atomic mass is 19.1. The van der Waals surface area contributed by atoms with Crippen LogP contribution < -0.4 is 16.6 Å². The molecule has 0 unspecified atom stereocenters. The van der Waals surface area contributed by atoms with Crippen LogP contribution in [0.5, 0.6) is 0 Å². The van der Waals surface area contributed by atoms with Gasteiger partial charge in [-0.15, -0.1) is 0 Å². The van der Waals surface area contributed by atoms with Gasteiger partial charge in [-0.25, -0.2) is 18.5 Å². The van der Waals surface area contributed by atoms with Crippen molar-refractivity contribution in [3.63, 3.8) is 0 Å². The molecule has 0 saturated carbocycles. The van der Waals surface area contributed by atoms with E-state index in [1.165, 1.54) is 0 Å². The van der Waals surface area contributed by atoms with Gasteiger partial charge in [-0.3, -0.25) is 29.0 Å². The molecule has 1 saturated heterocycles. The molecule has 204 valence electrons. The summed E-state index contributed by atoms with van der Waals surface area (Å²) in [5, 5.41) is 2.11. The Bertz CT molecular complexity index is 1180. The Balaban J connectivity index is 2.21. The number of rotatable bonds is 7. The number of likely N-dealkylation sites (N-methyl/N-ethyl adjacent to an activating group) is 1. The van der Waals surface area contributed by atoms with Gasteiger partial charge in [0.25, 0.3) is 5.56 Å². The lowest BCUT2D eigenvalue weighted by Crippen LogP contribution is -2.64. The Morgan fingerprint density at radius 2 is 1.68 bits per heavy atom. The Kier molecular flexibility index (Phi) is 9.59. The third kappa shape index (κ3) is 7.66. The van der Waals surface area contributed by atoms with Crippen LogP contribution in [0.1, 0.15) is 20.8 Å². The zero-order chi connectivity index (χ0) is 28.0. The number of esters is 3. The Morgan fingerprint density at radius 1 is 1.08 bits per heavy atom. The maximum atomic E-state index is 15.3. The number of ether oxygens (including phenoxy) is 4. The Morgan fingerprint density at radius 3 is 2.24 bits per heavy atom. The van der Waals surface area contributed by atoms with E-state index in [4.69, 9.17) is 18.9 Å². The van der Waals surface area contributed by atoms with Crippen LogP contribution in [0.2, 0.25) is 0 Å². The van der Waals surface area contributed by atoms with E-state index >= 15 is 4.39 Å². The van der Waals surface area contributed by atoms with Crippen LogP contribution in [0, 0.1) is 5.82 Å². The number of carbonyl (C=O) groups is 5. The first kappa shape index (κ1) is 29.1. The minimum atomic E-state index is -2.29. The molecule has 2 N–H and O–H groups in total. The van der Waals surface area contributed by atoms with Crippen LogP contribution >= 0.6 is 0 Å². The summed E-state index contributed by atoms with van der Waals surface area (Å²) in [4.78, 5) is 84.4. The number of hydrogen-bond donors (Lipinski definition) is 2. The van der Waals surface area contributed by atoms with Crippen molar-refractivity contribution in [2.45, 2.75) is 51.5 Å². The normalized spacial score (nSPS) is 22.9. The number of nitrogens with zero attached hydrogens (tertiary/aromatic N) is 2. The molecule has 37 heavy (non-hydrogen) atoms.